The minimum absolute atomic E-state index is 0.0413. The highest BCUT2D eigenvalue weighted by molar-refractivity contribution is 6.18. The molecule has 0 saturated carbocycles. The Balaban J connectivity index is 2.33. The molecule has 142 valence electrons. The number of carbonyl (C=O) groups is 3. The lowest BCUT2D eigenvalue weighted by Gasteiger charge is -2.31. The van der Waals surface area contributed by atoms with Gasteiger partial charge in [0.15, 0.2) is 0 Å². The second-order valence-electron chi connectivity index (χ2n) is 6.00. The summed E-state index contributed by atoms with van der Waals surface area (Å²) in [5.41, 5.74) is -1.35. The highest BCUT2D eigenvalue weighted by Gasteiger charge is 2.62. The van der Waals surface area contributed by atoms with E-state index in [0.717, 1.165) is 5.56 Å². The zero-order chi connectivity index (χ0) is 19.0. The van der Waals surface area contributed by atoms with E-state index in [4.69, 9.17) is 14.2 Å². The molecular weight excluding hydrogens is 338 g/mol. The van der Waals surface area contributed by atoms with Gasteiger partial charge in [-0.3, -0.25) is 14.4 Å². The van der Waals surface area contributed by atoms with E-state index in [-0.39, 0.29) is 19.8 Å². The van der Waals surface area contributed by atoms with Gasteiger partial charge in [0.1, 0.15) is 6.61 Å². The monoisotopic (exact) mass is 363 g/mol. The van der Waals surface area contributed by atoms with Crippen molar-refractivity contribution in [3.63, 3.8) is 0 Å². The Morgan fingerprint density at radius 1 is 1.00 bits per heavy atom. The summed E-state index contributed by atoms with van der Waals surface area (Å²) < 4.78 is 15.6. The van der Waals surface area contributed by atoms with Crippen molar-refractivity contribution in [2.24, 2.45) is 11.3 Å². The number of rotatable bonds is 8. The van der Waals surface area contributed by atoms with Crippen molar-refractivity contribution < 1.29 is 28.6 Å². The SMILES string of the molecule is CCOC(=O)C(C(=O)OCC)(C(=O)OCc1ccccc1)C1CCNC1. The van der Waals surface area contributed by atoms with Gasteiger partial charge in [0.05, 0.1) is 13.2 Å². The molecule has 2 rings (SSSR count). The van der Waals surface area contributed by atoms with E-state index in [1.54, 1.807) is 26.0 Å². The van der Waals surface area contributed by atoms with Crippen molar-refractivity contribution in [3.05, 3.63) is 35.9 Å². The number of ether oxygens (including phenoxy) is 3. The Labute approximate surface area is 153 Å². The third-order valence-electron chi connectivity index (χ3n) is 4.40. The molecule has 1 unspecified atom stereocenters. The first-order valence-corrected chi connectivity index (χ1v) is 8.83. The van der Waals surface area contributed by atoms with E-state index in [0.29, 0.717) is 19.5 Å². The summed E-state index contributed by atoms with van der Waals surface area (Å²) in [4.78, 5) is 38.5. The van der Waals surface area contributed by atoms with Crippen molar-refractivity contribution in [3.8, 4) is 0 Å². The number of carbonyl (C=O) groups excluding carboxylic acids is 3. The van der Waals surface area contributed by atoms with Gasteiger partial charge >= 0.3 is 17.9 Å². The van der Waals surface area contributed by atoms with E-state index in [1.807, 2.05) is 18.2 Å². The standard InChI is InChI=1S/C19H25NO6/c1-3-24-16(21)19(17(22)25-4-2,15-10-11-20-12-15)18(23)26-13-14-8-6-5-7-9-14/h5-9,15,20H,3-4,10-13H2,1-2H3. The number of esters is 3. The van der Waals surface area contributed by atoms with Gasteiger partial charge in [0.25, 0.3) is 5.41 Å². The highest BCUT2D eigenvalue weighted by Crippen LogP contribution is 2.37. The van der Waals surface area contributed by atoms with Crippen LogP contribution in [0.3, 0.4) is 0 Å². The van der Waals surface area contributed by atoms with Crippen LogP contribution in [0.15, 0.2) is 30.3 Å². The quantitative estimate of drug-likeness (QED) is 0.425. The van der Waals surface area contributed by atoms with Gasteiger partial charge in [0.2, 0.25) is 0 Å². The lowest BCUT2D eigenvalue weighted by molar-refractivity contribution is -0.189. The first kappa shape index (κ1) is 19.9. The molecule has 0 aliphatic carbocycles. The van der Waals surface area contributed by atoms with Gasteiger partial charge in [-0.15, -0.1) is 0 Å². The zero-order valence-corrected chi connectivity index (χ0v) is 15.2. The molecule has 26 heavy (non-hydrogen) atoms. The molecule has 1 saturated heterocycles. The largest absolute Gasteiger partial charge is 0.465 e. The highest BCUT2D eigenvalue weighted by atomic mass is 16.6. The minimum atomic E-state index is -2.11. The van der Waals surface area contributed by atoms with Gasteiger partial charge in [-0.25, -0.2) is 0 Å². The van der Waals surface area contributed by atoms with Gasteiger partial charge in [-0.2, -0.15) is 0 Å². The molecule has 1 fully saturated rings. The second-order valence-corrected chi connectivity index (χ2v) is 6.00. The first-order valence-electron chi connectivity index (χ1n) is 8.83. The molecule has 1 N–H and O–H groups in total. The molecule has 1 aliphatic heterocycles. The lowest BCUT2D eigenvalue weighted by Crippen LogP contribution is -2.55. The van der Waals surface area contributed by atoms with Gasteiger partial charge < -0.3 is 19.5 Å². The molecule has 1 aliphatic rings. The zero-order valence-electron chi connectivity index (χ0n) is 15.2. The third kappa shape index (κ3) is 4.04. The molecule has 0 aromatic heterocycles. The van der Waals surface area contributed by atoms with E-state index in [2.05, 4.69) is 5.32 Å². The molecule has 7 heteroatoms. The van der Waals surface area contributed by atoms with Crippen LogP contribution in [0.1, 0.15) is 25.8 Å². The third-order valence-corrected chi connectivity index (χ3v) is 4.40. The van der Waals surface area contributed by atoms with Crippen molar-refractivity contribution in [2.45, 2.75) is 26.9 Å². The van der Waals surface area contributed by atoms with E-state index >= 15 is 0 Å². The smallest absolute Gasteiger partial charge is 0.335 e. The summed E-state index contributed by atoms with van der Waals surface area (Å²) in [6.45, 7) is 4.22. The Kier molecular flexibility index (Phi) is 7.15. The fourth-order valence-electron chi connectivity index (χ4n) is 3.10. The fourth-order valence-corrected chi connectivity index (χ4v) is 3.10. The maximum Gasteiger partial charge on any atom is 0.335 e. The lowest BCUT2D eigenvalue weighted by atomic mass is 9.74. The number of benzene rings is 1. The second kappa shape index (κ2) is 9.33. The van der Waals surface area contributed by atoms with Crippen LogP contribution in [0.5, 0.6) is 0 Å². The Hall–Kier alpha value is -2.41. The molecule has 0 bridgehead atoms. The molecule has 0 radical (unpaired) electrons. The molecule has 0 amide bonds. The van der Waals surface area contributed by atoms with Gasteiger partial charge in [-0.1, -0.05) is 30.3 Å². The van der Waals surface area contributed by atoms with Crippen LogP contribution in [0.25, 0.3) is 0 Å². The average Bonchev–Trinajstić information content (AvgIpc) is 3.17. The molecule has 1 aromatic rings. The maximum absolute atomic E-state index is 13.0. The van der Waals surface area contributed by atoms with Crippen LogP contribution in [-0.4, -0.2) is 44.2 Å². The molecule has 7 nitrogen and oxygen atoms in total. The Morgan fingerprint density at radius 2 is 1.58 bits per heavy atom. The predicted molar refractivity (Wildman–Crippen MR) is 92.9 cm³/mol. The van der Waals surface area contributed by atoms with Crippen LogP contribution >= 0.6 is 0 Å². The average molecular weight is 363 g/mol. The first-order chi connectivity index (χ1) is 12.6. The molecule has 1 aromatic carbocycles. The summed E-state index contributed by atoms with van der Waals surface area (Å²) in [5.74, 6) is -3.33. The topological polar surface area (TPSA) is 90.9 Å². The minimum Gasteiger partial charge on any atom is -0.465 e. The maximum atomic E-state index is 13.0. The number of nitrogens with one attached hydrogen (secondary N) is 1. The van der Waals surface area contributed by atoms with Crippen LogP contribution in [-0.2, 0) is 35.2 Å². The number of hydrogen-bond donors (Lipinski definition) is 1. The molecular formula is C19H25NO6. The summed E-state index contributed by atoms with van der Waals surface area (Å²) in [5, 5.41) is 3.08. The fraction of sp³-hybridized carbons (Fsp3) is 0.526. The van der Waals surface area contributed by atoms with Crippen LogP contribution in [0.4, 0.5) is 0 Å². The van der Waals surface area contributed by atoms with Crippen molar-refractivity contribution in [1.82, 2.24) is 5.32 Å². The van der Waals surface area contributed by atoms with Crippen LogP contribution < -0.4 is 5.32 Å². The molecule has 1 heterocycles. The molecule has 0 spiro atoms. The normalized spacial score (nSPS) is 16.8. The van der Waals surface area contributed by atoms with E-state index in [9.17, 15) is 14.4 Å². The Bertz CT molecular complexity index is 606. The van der Waals surface area contributed by atoms with Crippen molar-refractivity contribution >= 4 is 17.9 Å². The van der Waals surface area contributed by atoms with Crippen molar-refractivity contribution in [1.29, 1.82) is 0 Å². The van der Waals surface area contributed by atoms with Crippen LogP contribution in [0.2, 0.25) is 0 Å². The summed E-state index contributed by atoms with van der Waals surface area (Å²) >= 11 is 0. The Morgan fingerprint density at radius 3 is 2.08 bits per heavy atom. The summed E-state index contributed by atoms with van der Waals surface area (Å²) in [6, 6.07) is 9.06. The van der Waals surface area contributed by atoms with Gasteiger partial charge in [0, 0.05) is 12.5 Å². The predicted octanol–water partition coefficient (Wildman–Crippen LogP) is 1.45. The van der Waals surface area contributed by atoms with E-state index < -0.39 is 29.2 Å². The summed E-state index contributed by atoms with van der Waals surface area (Å²) in [7, 11) is 0. The summed E-state index contributed by atoms with van der Waals surface area (Å²) in [6.07, 6.45) is 0.470. The van der Waals surface area contributed by atoms with E-state index in [1.165, 1.54) is 0 Å². The number of hydrogen-bond acceptors (Lipinski definition) is 7. The molecule has 1 atom stereocenters. The van der Waals surface area contributed by atoms with Gasteiger partial charge in [-0.05, 0) is 32.4 Å². The van der Waals surface area contributed by atoms with Crippen molar-refractivity contribution in [2.75, 3.05) is 26.3 Å². The van der Waals surface area contributed by atoms with Crippen LogP contribution in [0, 0.1) is 11.3 Å².